The summed E-state index contributed by atoms with van der Waals surface area (Å²) >= 11 is 10.8. The van der Waals surface area contributed by atoms with Crippen LogP contribution in [0.1, 0.15) is 5.56 Å². The average Bonchev–Trinajstić information content (AvgIpc) is 1.97. The van der Waals surface area contributed by atoms with E-state index in [1.807, 2.05) is 0 Å². The van der Waals surface area contributed by atoms with Crippen molar-refractivity contribution in [3.05, 3.63) is 27.7 Å². The molecule has 0 aromatic heterocycles. The molecule has 0 fully saturated rings. The highest BCUT2D eigenvalue weighted by molar-refractivity contribution is 7.89. The van der Waals surface area contributed by atoms with Gasteiger partial charge in [-0.2, -0.15) is 13.2 Å². The van der Waals surface area contributed by atoms with E-state index in [2.05, 4.69) is 0 Å². The van der Waals surface area contributed by atoms with Crippen molar-refractivity contribution in [2.75, 3.05) is 0 Å². The number of primary sulfonamides is 1. The van der Waals surface area contributed by atoms with E-state index in [9.17, 15) is 21.6 Å². The van der Waals surface area contributed by atoms with E-state index in [4.69, 9.17) is 28.3 Å². The normalized spacial score (nSPS) is 12.9. The zero-order chi connectivity index (χ0) is 12.7. The van der Waals surface area contributed by atoms with Gasteiger partial charge in [0, 0.05) is 0 Å². The van der Waals surface area contributed by atoms with Gasteiger partial charge in [0.25, 0.3) is 0 Å². The van der Waals surface area contributed by atoms with Crippen molar-refractivity contribution in [3.8, 4) is 0 Å². The van der Waals surface area contributed by atoms with E-state index >= 15 is 0 Å². The van der Waals surface area contributed by atoms with Crippen molar-refractivity contribution < 1.29 is 21.6 Å². The molecule has 1 rings (SSSR count). The predicted octanol–water partition coefficient (Wildman–Crippen LogP) is 2.66. The maximum Gasteiger partial charge on any atom is 0.416 e. The molecule has 0 aliphatic carbocycles. The minimum atomic E-state index is -4.66. The summed E-state index contributed by atoms with van der Waals surface area (Å²) in [5.74, 6) is 0. The second-order valence-electron chi connectivity index (χ2n) is 2.81. The molecule has 0 unspecified atom stereocenters. The molecule has 0 aliphatic heterocycles. The van der Waals surface area contributed by atoms with Crippen LogP contribution in [0.3, 0.4) is 0 Å². The van der Waals surface area contributed by atoms with E-state index in [1.165, 1.54) is 0 Å². The van der Waals surface area contributed by atoms with Crippen molar-refractivity contribution >= 4 is 33.2 Å². The van der Waals surface area contributed by atoms with Crippen LogP contribution >= 0.6 is 23.2 Å². The number of hydrogen-bond acceptors (Lipinski definition) is 2. The molecule has 0 spiro atoms. The average molecular weight is 294 g/mol. The van der Waals surface area contributed by atoms with Crippen LogP contribution in [0.5, 0.6) is 0 Å². The van der Waals surface area contributed by atoms with Gasteiger partial charge < -0.3 is 0 Å². The smallest absolute Gasteiger partial charge is 0.225 e. The summed E-state index contributed by atoms with van der Waals surface area (Å²) in [6.45, 7) is 0. The number of rotatable bonds is 1. The molecular formula is C7H4Cl2F3NO2S. The number of sulfonamides is 1. The van der Waals surface area contributed by atoms with E-state index in [1.54, 1.807) is 0 Å². The molecule has 0 heterocycles. The topological polar surface area (TPSA) is 60.2 Å². The molecule has 16 heavy (non-hydrogen) atoms. The summed E-state index contributed by atoms with van der Waals surface area (Å²) in [4.78, 5) is -0.719. The predicted molar refractivity (Wildman–Crippen MR) is 52.8 cm³/mol. The molecule has 0 saturated carbocycles. The Morgan fingerprint density at radius 1 is 1.12 bits per heavy atom. The zero-order valence-corrected chi connectivity index (χ0v) is 9.67. The van der Waals surface area contributed by atoms with Gasteiger partial charge in [-0.1, -0.05) is 23.2 Å². The van der Waals surface area contributed by atoms with Crippen molar-refractivity contribution in [1.29, 1.82) is 0 Å². The molecule has 0 aliphatic rings. The lowest BCUT2D eigenvalue weighted by Gasteiger charge is -2.10. The number of benzene rings is 1. The number of halogens is 5. The van der Waals surface area contributed by atoms with Gasteiger partial charge in [-0.25, -0.2) is 13.6 Å². The van der Waals surface area contributed by atoms with Gasteiger partial charge in [-0.3, -0.25) is 0 Å². The van der Waals surface area contributed by atoms with Gasteiger partial charge in [0.2, 0.25) is 10.0 Å². The third-order valence-corrected chi connectivity index (χ3v) is 3.44. The fourth-order valence-corrected chi connectivity index (χ4v) is 2.79. The Balaban J connectivity index is 3.53. The largest absolute Gasteiger partial charge is 0.416 e. The monoisotopic (exact) mass is 293 g/mol. The summed E-state index contributed by atoms with van der Waals surface area (Å²) in [6.07, 6.45) is -4.66. The molecule has 1 aromatic carbocycles. The van der Waals surface area contributed by atoms with Crippen molar-refractivity contribution in [1.82, 2.24) is 0 Å². The van der Waals surface area contributed by atoms with Crippen LogP contribution in [0, 0.1) is 0 Å². The lowest BCUT2D eigenvalue weighted by Crippen LogP contribution is -2.14. The number of nitrogens with two attached hydrogens (primary N) is 1. The molecule has 0 atom stereocenters. The lowest BCUT2D eigenvalue weighted by molar-refractivity contribution is -0.137. The summed E-state index contributed by atoms with van der Waals surface area (Å²) in [7, 11) is -4.26. The first-order chi connectivity index (χ1) is 7.03. The van der Waals surface area contributed by atoms with E-state index in [0.717, 1.165) is 0 Å². The summed E-state index contributed by atoms with van der Waals surface area (Å²) < 4.78 is 58.8. The van der Waals surface area contributed by atoms with Gasteiger partial charge in [0.05, 0.1) is 15.6 Å². The highest BCUT2D eigenvalue weighted by Gasteiger charge is 2.33. The Morgan fingerprint density at radius 3 is 1.75 bits per heavy atom. The SMILES string of the molecule is NS(=O)(=O)c1c(Cl)cc(C(F)(F)F)cc1Cl. The first-order valence-corrected chi connectivity index (χ1v) is 5.93. The molecule has 0 saturated heterocycles. The van der Waals surface area contributed by atoms with Crippen LogP contribution < -0.4 is 5.14 Å². The second-order valence-corrected chi connectivity index (χ2v) is 5.12. The first-order valence-electron chi connectivity index (χ1n) is 3.62. The zero-order valence-electron chi connectivity index (χ0n) is 7.35. The fraction of sp³-hybridized carbons (Fsp3) is 0.143. The second kappa shape index (κ2) is 4.06. The highest BCUT2D eigenvalue weighted by Crippen LogP contribution is 2.37. The van der Waals surface area contributed by atoms with Gasteiger partial charge in [-0.05, 0) is 12.1 Å². The lowest BCUT2D eigenvalue weighted by atomic mass is 10.2. The maximum atomic E-state index is 12.3. The van der Waals surface area contributed by atoms with Crippen LogP contribution in [0.4, 0.5) is 13.2 Å². The maximum absolute atomic E-state index is 12.3. The first kappa shape index (κ1) is 13.6. The molecule has 1 aromatic rings. The van der Waals surface area contributed by atoms with Crippen LogP contribution in [0.25, 0.3) is 0 Å². The third kappa shape index (κ3) is 2.79. The Kier molecular flexibility index (Phi) is 3.45. The molecule has 9 heteroatoms. The molecule has 0 bridgehead atoms. The Morgan fingerprint density at radius 2 is 1.50 bits per heavy atom. The Bertz CT molecular complexity index is 504. The van der Waals surface area contributed by atoms with Crippen LogP contribution in [0.15, 0.2) is 17.0 Å². The Labute approximate surface area is 99.0 Å². The Hall–Kier alpha value is -0.500. The standard InChI is InChI=1S/C7H4Cl2F3NO2S/c8-4-1-3(7(10,11)12)2-5(9)6(4)16(13,14)15/h1-2H,(H2,13,14,15). The van der Waals surface area contributed by atoms with E-state index < -0.39 is 36.7 Å². The van der Waals surface area contributed by atoms with E-state index in [-0.39, 0.29) is 0 Å². The van der Waals surface area contributed by atoms with Gasteiger partial charge in [-0.15, -0.1) is 0 Å². The summed E-state index contributed by atoms with van der Waals surface area (Å²) in [6, 6.07) is 0.903. The van der Waals surface area contributed by atoms with Gasteiger partial charge in [0.15, 0.2) is 0 Å². The molecular weight excluding hydrogens is 290 g/mol. The summed E-state index contributed by atoms with van der Waals surface area (Å²) in [5, 5.41) is 3.41. The molecule has 2 N–H and O–H groups in total. The van der Waals surface area contributed by atoms with Crippen LogP contribution in [0.2, 0.25) is 10.0 Å². The third-order valence-electron chi connectivity index (χ3n) is 1.61. The molecule has 0 amide bonds. The van der Waals surface area contributed by atoms with E-state index in [0.29, 0.717) is 12.1 Å². The number of hydrogen-bond donors (Lipinski definition) is 1. The van der Waals surface area contributed by atoms with Crippen LogP contribution in [-0.4, -0.2) is 8.42 Å². The quantitative estimate of drug-likeness (QED) is 0.865. The summed E-state index contributed by atoms with van der Waals surface area (Å²) in [5.41, 5.74) is -1.14. The van der Waals surface area contributed by atoms with Gasteiger partial charge >= 0.3 is 6.18 Å². The van der Waals surface area contributed by atoms with Crippen molar-refractivity contribution in [2.45, 2.75) is 11.1 Å². The molecule has 3 nitrogen and oxygen atoms in total. The van der Waals surface area contributed by atoms with Crippen molar-refractivity contribution in [2.24, 2.45) is 5.14 Å². The molecule has 90 valence electrons. The highest BCUT2D eigenvalue weighted by atomic mass is 35.5. The minimum absolute atomic E-state index is 0.452. The number of alkyl halides is 3. The van der Waals surface area contributed by atoms with Crippen molar-refractivity contribution in [3.63, 3.8) is 0 Å². The molecule has 0 radical (unpaired) electrons. The fourth-order valence-electron chi connectivity index (χ4n) is 0.995. The van der Waals surface area contributed by atoms with Gasteiger partial charge in [0.1, 0.15) is 4.90 Å². The minimum Gasteiger partial charge on any atom is -0.225 e. The van der Waals surface area contributed by atoms with Crippen LogP contribution in [-0.2, 0) is 16.2 Å².